The minimum atomic E-state index is -2.76. The number of fused-ring (bicyclic) bond motifs is 2. The normalized spacial score (nSPS) is 40.7. The van der Waals surface area contributed by atoms with Gasteiger partial charge in [-0.1, -0.05) is 12.1 Å². The van der Waals surface area contributed by atoms with Crippen LogP contribution in [0.2, 0.25) is 0 Å². The third-order valence-electron chi connectivity index (χ3n) is 10.5. The number of carbonyl (C=O) groups excluding carboxylic acids is 4. The lowest BCUT2D eigenvalue weighted by Gasteiger charge is -2.55. The summed E-state index contributed by atoms with van der Waals surface area (Å²) in [5.74, 6) is -6.63. The predicted octanol–water partition coefficient (Wildman–Crippen LogP) is -5.74. The summed E-state index contributed by atoms with van der Waals surface area (Å²) in [5.41, 5.74) is -3.57. The number of ether oxygens (including phenoxy) is 3. The summed E-state index contributed by atoms with van der Waals surface area (Å²) < 4.78 is 14.5. The van der Waals surface area contributed by atoms with Crippen molar-refractivity contribution in [2.45, 2.75) is 123 Å². The highest BCUT2D eigenvalue weighted by Gasteiger charge is 2.70. The lowest BCUT2D eigenvalue weighted by atomic mass is 9.64. The zero-order chi connectivity index (χ0) is 40.9. The molecule has 14 unspecified atom stereocenters. The fourth-order valence-electron chi connectivity index (χ4n) is 7.58. The summed E-state index contributed by atoms with van der Waals surface area (Å²) in [7, 11) is 0. The number of aliphatic hydroxyl groups excluding tert-OH is 8. The van der Waals surface area contributed by atoms with Crippen LogP contribution in [0.4, 0.5) is 0 Å². The van der Waals surface area contributed by atoms with Gasteiger partial charge in [-0.3, -0.25) is 24.0 Å². The van der Waals surface area contributed by atoms with Crippen molar-refractivity contribution in [1.82, 2.24) is 10.6 Å². The van der Waals surface area contributed by atoms with E-state index >= 15 is 0 Å². The van der Waals surface area contributed by atoms with Gasteiger partial charge in [0, 0.05) is 18.2 Å². The number of ketones is 2. The second-order valence-corrected chi connectivity index (χ2v) is 15.3. The first kappa shape index (κ1) is 42.8. The van der Waals surface area contributed by atoms with Crippen molar-refractivity contribution < 1.29 is 94.4 Å². The van der Waals surface area contributed by atoms with Crippen molar-refractivity contribution in [2.24, 2.45) is 0 Å². The molecule has 2 aliphatic heterocycles. The van der Waals surface area contributed by atoms with E-state index in [1.165, 1.54) is 19.1 Å². The molecule has 1 saturated carbocycles. The summed E-state index contributed by atoms with van der Waals surface area (Å²) in [5, 5.41) is 120. The van der Waals surface area contributed by atoms with E-state index in [2.05, 4.69) is 10.6 Å². The topological polar surface area (TPSA) is 360 Å². The first-order valence-electron chi connectivity index (χ1n) is 17.1. The van der Waals surface area contributed by atoms with Crippen LogP contribution in [-0.4, -0.2) is 194 Å². The number of thioether (sulfide) groups is 1. The summed E-state index contributed by atoms with van der Waals surface area (Å²) in [6.07, 6.45) is -23.8. The average Bonchev–Trinajstić information content (AvgIpc) is 3.12. The molecule has 14 atom stereocenters. The van der Waals surface area contributed by atoms with Crippen molar-refractivity contribution >= 4 is 41.1 Å². The number of benzene rings is 1. The van der Waals surface area contributed by atoms with Gasteiger partial charge in [0.2, 0.25) is 17.6 Å². The van der Waals surface area contributed by atoms with Gasteiger partial charge in [-0.15, -0.1) is 11.8 Å². The van der Waals surface area contributed by atoms with E-state index in [0.29, 0.717) is 11.8 Å². The van der Waals surface area contributed by atoms with Gasteiger partial charge >= 0.3 is 5.97 Å². The number of nitrogens with one attached hydrogen (secondary N) is 2. The molecular weight excluding hydrogens is 760 g/mol. The van der Waals surface area contributed by atoms with E-state index in [1.54, 1.807) is 0 Å². The zero-order valence-electron chi connectivity index (χ0n) is 29.2. The van der Waals surface area contributed by atoms with Crippen LogP contribution >= 0.6 is 11.8 Å². The van der Waals surface area contributed by atoms with Gasteiger partial charge in [0.25, 0.3) is 0 Å². The maximum Gasteiger partial charge on any atom is 0.305 e. The molecule has 5 rings (SSSR count). The minimum Gasteiger partial charge on any atom is -0.507 e. The molecule has 1 aromatic rings. The molecule has 22 heteroatoms. The average molecular weight is 805 g/mol. The number of amides is 2. The second kappa shape index (κ2) is 16.2. The fraction of sp³-hybridized carbons (Fsp3) is 0.667. The van der Waals surface area contributed by atoms with Crippen LogP contribution in [-0.2, 0) is 28.6 Å². The Morgan fingerprint density at radius 2 is 1.56 bits per heavy atom. The van der Waals surface area contributed by atoms with Gasteiger partial charge < -0.3 is 81.0 Å². The number of carboxylic acids is 1. The third-order valence-corrected chi connectivity index (χ3v) is 12.1. The van der Waals surface area contributed by atoms with Crippen molar-refractivity contribution in [3.63, 3.8) is 0 Å². The van der Waals surface area contributed by atoms with Crippen molar-refractivity contribution in [3.05, 3.63) is 29.3 Å². The highest BCUT2D eigenvalue weighted by molar-refractivity contribution is 8.01. The van der Waals surface area contributed by atoms with Gasteiger partial charge in [-0.25, -0.2) is 0 Å². The Kier molecular flexibility index (Phi) is 12.6. The van der Waals surface area contributed by atoms with Crippen molar-refractivity contribution in [2.75, 3.05) is 12.4 Å². The Hall–Kier alpha value is -3.36. The first-order valence-corrected chi connectivity index (χ1v) is 18.1. The first-order chi connectivity index (χ1) is 25.7. The van der Waals surface area contributed by atoms with E-state index in [1.807, 2.05) is 0 Å². The van der Waals surface area contributed by atoms with Gasteiger partial charge in [-0.2, -0.15) is 0 Å². The molecule has 21 nitrogen and oxygen atoms in total. The molecule has 2 aliphatic carbocycles. The maximum absolute atomic E-state index is 14.4. The molecule has 0 bridgehead atoms. The second-order valence-electron chi connectivity index (χ2n) is 14.0. The number of aliphatic hydroxyl groups is 9. The molecule has 0 radical (unpaired) electrons. The molecule has 2 saturated heterocycles. The van der Waals surface area contributed by atoms with E-state index in [4.69, 9.17) is 14.2 Å². The third kappa shape index (κ3) is 7.47. The highest BCUT2D eigenvalue weighted by Crippen LogP contribution is 2.55. The number of Topliss-reactive ketones (excluding diaryl/α,β-unsaturated/α-hetero) is 2. The largest absolute Gasteiger partial charge is 0.507 e. The lowest BCUT2D eigenvalue weighted by Crippen LogP contribution is -2.74. The van der Waals surface area contributed by atoms with Gasteiger partial charge in [0.15, 0.2) is 17.7 Å². The standard InChI is InChI=1S/C33H44N2O19S/c1-10-33(51)29(49)18-13(4-3-5-15(18)38)28(48)32(33,7-12(52-10)6-17(39)40)55-9-14(34-11(2)37)30(50)35-19-21(42)20(41)16(8-36)53-31(19)54-27-25(46)23(44)22(43)24(45)26(27)47/h3-5,10,12,14,16,19-27,31,36,38,41-47,51H,6-9H2,1-2H3,(H,34,37)(H,35,50)(H,39,40). The Morgan fingerprint density at radius 3 is 2.15 bits per heavy atom. The van der Waals surface area contributed by atoms with Crippen LogP contribution in [0.5, 0.6) is 5.75 Å². The number of phenols is 1. The van der Waals surface area contributed by atoms with Crippen molar-refractivity contribution in [3.8, 4) is 5.75 Å². The number of carbonyl (C=O) groups is 5. The number of carboxylic acid groups (broad SMARTS) is 1. The van der Waals surface area contributed by atoms with Crippen LogP contribution in [0.1, 0.15) is 47.4 Å². The number of aliphatic carboxylic acids is 1. The van der Waals surface area contributed by atoms with E-state index < -0.39 is 162 Å². The Morgan fingerprint density at radius 1 is 0.945 bits per heavy atom. The Labute approximate surface area is 315 Å². The van der Waals surface area contributed by atoms with Crippen LogP contribution < -0.4 is 10.6 Å². The number of hydrogen-bond donors (Lipinski definition) is 13. The Balaban J connectivity index is 1.48. The molecule has 13 N–H and O–H groups in total. The smallest absolute Gasteiger partial charge is 0.305 e. The molecule has 0 spiro atoms. The number of phenolic OH excluding ortho intramolecular Hbond substituents is 1. The maximum atomic E-state index is 14.4. The molecule has 0 aromatic heterocycles. The van der Waals surface area contributed by atoms with Crippen LogP contribution in [0.3, 0.4) is 0 Å². The molecule has 2 heterocycles. The number of aromatic hydroxyl groups is 1. The summed E-state index contributed by atoms with van der Waals surface area (Å²) in [6.45, 7) is 1.32. The molecule has 55 heavy (non-hydrogen) atoms. The quantitative estimate of drug-likeness (QED) is 0.0991. The van der Waals surface area contributed by atoms with Gasteiger partial charge in [0.05, 0.1) is 30.8 Å². The van der Waals surface area contributed by atoms with Gasteiger partial charge in [0.1, 0.15) is 77.5 Å². The van der Waals surface area contributed by atoms with Crippen molar-refractivity contribution in [1.29, 1.82) is 0 Å². The molecule has 4 aliphatic rings. The van der Waals surface area contributed by atoms with Crippen LogP contribution in [0.15, 0.2) is 18.2 Å². The van der Waals surface area contributed by atoms with Crippen LogP contribution in [0.25, 0.3) is 0 Å². The number of hydrogen-bond acceptors (Lipinski definition) is 19. The fourth-order valence-corrected chi connectivity index (χ4v) is 9.29. The predicted molar refractivity (Wildman–Crippen MR) is 180 cm³/mol. The van der Waals surface area contributed by atoms with E-state index in [9.17, 15) is 80.1 Å². The molecule has 2 amide bonds. The zero-order valence-corrected chi connectivity index (χ0v) is 30.1. The monoisotopic (exact) mass is 804 g/mol. The van der Waals surface area contributed by atoms with Gasteiger partial charge in [-0.05, 0) is 19.4 Å². The Bertz CT molecular complexity index is 1650. The van der Waals surface area contributed by atoms with E-state index in [0.717, 1.165) is 13.0 Å². The summed E-state index contributed by atoms with van der Waals surface area (Å²) >= 11 is 0.516. The molecule has 3 fully saturated rings. The molecular formula is C33H44N2O19S. The molecule has 306 valence electrons. The molecule has 1 aromatic carbocycles. The van der Waals surface area contributed by atoms with E-state index in [-0.39, 0.29) is 5.56 Å². The van der Waals surface area contributed by atoms with Crippen LogP contribution in [0, 0.1) is 0 Å². The lowest BCUT2D eigenvalue weighted by molar-refractivity contribution is -0.319. The SMILES string of the molecule is CC(=O)NC(CSC12CC(CC(=O)O)OC(C)C1(O)C(=O)c1c(O)cccc1C2=O)C(=O)NC1C(OC2C(O)C(O)C(O)C(O)C2O)OC(CO)C(O)C1O. The highest BCUT2D eigenvalue weighted by atomic mass is 32.2. The minimum absolute atomic E-state index is 0.310. The summed E-state index contributed by atoms with van der Waals surface area (Å²) in [6, 6.07) is 0.0354. The number of rotatable bonds is 11. The summed E-state index contributed by atoms with van der Waals surface area (Å²) in [4.78, 5) is 66.6.